The van der Waals surface area contributed by atoms with Crippen molar-refractivity contribution in [1.82, 2.24) is 9.62 Å². The third kappa shape index (κ3) is 5.67. The summed E-state index contributed by atoms with van der Waals surface area (Å²) in [5.74, 6) is 1.54. The highest BCUT2D eigenvalue weighted by molar-refractivity contribution is 7.89. The molecule has 0 unspecified atom stereocenters. The average Bonchev–Trinajstić information content (AvgIpc) is 3.13. The van der Waals surface area contributed by atoms with Gasteiger partial charge in [0.15, 0.2) is 0 Å². The minimum Gasteiger partial charge on any atom is -0.468 e. The van der Waals surface area contributed by atoms with Crippen molar-refractivity contribution >= 4 is 21.6 Å². The predicted octanol–water partition coefficient (Wildman–Crippen LogP) is 2.67. The molecular weight excluding hydrogens is 378 g/mol. The SMILES string of the molecule is C[C@H]1C[C@H](C)CN(CC(=O)Nc2cccc(S(=O)(=O)NCc3ccco3)c2)C1. The van der Waals surface area contributed by atoms with Gasteiger partial charge < -0.3 is 9.73 Å². The second-order valence-electron chi connectivity index (χ2n) is 7.62. The number of piperidine rings is 1. The van der Waals surface area contributed by atoms with E-state index in [9.17, 15) is 13.2 Å². The number of benzene rings is 1. The van der Waals surface area contributed by atoms with Crippen molar-refractivity contribution in [2.45, 2.75) is 31.7 Å². The van der Waals surface area contributed by atoms with Gasteiger partial charge in [0.2, 0.25) is 15.9 Å². The Morgan fingerprint density at radius 3 is 2.61 bits per heavy atom. The molecule has 0 spiro atoms. The van der Waals surface area contributed by atoms with Gasteiger partial charge >= 0.3 is 0 Å². The van der Waals surface area contributed by atoms with Crippen LogP contribution in [-0.2, 0) is 21.4 Å². The number of rotatable bonds is 7. The van der Waals surface area contributed by atoms with Crippen molar-refractivity contribution in [3.8, 4) is 0 Å². The van der Waals surface area contributed by atoms with Crippen molar-refractivity contribution < 1.29 is 17.6 Å². The summed E-state index contributed by atoms with van der Waals surface area (Å²) in [6.45, 7) is 6.58. The van der Waals surface area contributed by atoms with Crippen LogP contribution in [0.25, 0.3) is 0 Å². The molecule has 1 saturated heterocycles. The Bertz CT molecular complexity index is 886. The number of carbonyl (C=O) groups excluding carboxylic acids is 1. The van der Waals surface area contributed by atoms with Gasteiger partial charge in [-0.15, -0.1) is 0 Å². The molecule has 0 radical (unpaired) electrons. The molecule has 8 heteroatoms. The molecule has 28 heavy (non-hydrogen) atoms. The zero-order valence-electron chi connectivity index (χ0n) is 16.2. The summed E-state index contributed by atoms with van der Waals surface area (Å²) in [7, 11) is -3.71. The number of nitrogens with zero attached hydrogens (tertiary/aromatic N) is 1. The van der Waals surface area contributed by atoms with E-state index < -0.39 is 10.0 Å². The number of hydrogen-bond donors (Lipinski definition) is 2. The summed E-state index contributed by atoms with van der Waals surface area (Å²) in [6.07, 6.45) is 2.67. The van der Waals surface area contributed by atoms with Crippen molar-refractivity contribution in [1.29, 1.82) is 0 Å². The number of carbonyl (C=O) groups is 1. The normalized spacial score (nSPS) is 20.8. The Balaban J connectivity index is 1.60. The van der Waals surface area contributed by atoms with Gasteiger partial charge in [0.05, 0.1) is 24.2 Å². The molecule has 2 heterocycles. The smallest absolute Gasteiger partial charge is 0.241 e. The van der Waals surface area contributed by atoms with Crippen LogP contribution in [0, 0.1) is 11.8 Å². The zero-order chi connectivity index (χ0) is 20.1. The van der Waals surface area contributed by atoms with Gasteiger partial charge in [0.1, 0.15) is 5.76 Å². The van der Waals surface area contributed by atoms with E-state index in [0.717, 1.165) is 13.1 Å². The predicted molar refractivity (Wildman–Crippen MR) is 107 cm³/mol. The first-order valence-electron chi connectivity index (χ1n) is 9.46. The molecule has 1 aromatic heterocycles. The maximum absolute atomic E-state index is 12.5. The van der Waals surface area contributed by atoms with Crippen LogP contribution in [0.4, 0.5) is 5.69 Å². The molecule has 2 aromatic rings. The summed E-state index contributed by atoms with van der Waals surface area (Å²) < 4.78 is 32.6. The molecule has 152 valence electrons. The molecule has 0 aliphatic carbocycles. The van der Waals surface area contributed by atoms with E-state index in [-0.39, 0.29) is 17.3 Å². The lowest BCUT2D eigenvalue weighted by molar-refractivity contribution is -0.117. The lowest BCUT2D eigenvalue weighted by atomic mass is 9.92. The van der Waals surface area contributed by atoms with Crippen molar-refractivity contribution in [3.05, 3.63) is 48.4 Å². The van der Waals surface area contributed by atoms with Crippen LogP contribution in [0.3, 0.4) is 0 Å². The molecular formula is C20H27N3O4S. The third-order valence-corrected chi connectivity index (χ3v) is 6.16. The number of hydrogen-bond acceptors (Lipinski definition) is 5. The van der Waals surface area contributed by atoms with Crippen LogP contribution in [0.1, 0.15) is 26.0 Å². The molecule has 2 N–H and O–H groups in total. The Labute approximate surface area is 166 Å². The molecule has 7 nitrogen and oxygen atoms in total. The van der Waals surface area contributed by atoms with E-state index in [2.05, 4.69) is 28.8 Å². The van der Waals surface area contributed by atoms with Gasteiger partial charge in [0.25, 0.3) is 0 Å². The minimum atomic E-state index is -3.71. The number of anilines is 1. The molecule has 1 aliphatic heterocycles. The van der Waals surface area contributed by atoms with Gasteiger partial charge in [0, 0.05) is 18.8 Å². The minimum absolute atomic E-state index is 0.0667. The summed E-state index contributed by atoms with van der Waals surface area (Å²) in [6, 6.07) is 9.65. The Morgan fingerprint density at radius 1 is 1.18 bits per heavy atom. The second-order valence-corrected chi connectivity index (χ2v) is 9.39. The van der Waals surface area contributed by atoms with Crippen LogP contribution < -0.4 is 10.0 Å². The number of sulfonamides is 1. The third-order valence-electron chi connectivity index (χ3n) is 4.76. The Kier molecular flexibility index (Phi) is 6.53. The molecule has 1 amide bonds. The number of amides is 1. The molecule has 1 aliphatic rings. The van der Waals surface area contributed by atoms with Gasteiger partial charge in [-0.1, -0.05) is 19.9 Å². The van der Waals surface area contributed by atoms with Crippen molar-refractivity contribution in [2.75, 3.05) is 25.0 Å². The number of furan rings is 1. The molecule has 3 rings (SSSR count). The first kappa shape index (κ1) is 20.6. The first-order chi connectivity index (χ1) is 13.3. The highest BCUT2D eigenvalue weighted by Crippen LogP contribution is 2.21. The van der Waals surface area contributed by atoms with Crippen LogP contribution in [0.15, 0.2) is 52.0 Å². The maximum Gasteiger partial charge on any atom is 0.241 e. The van der Waals surface area contributed by atoms with Crippen molar-refractivity contribution in [2.24, 2.45) is 11.8 Å². The summed E-state index contributed by atoms with van der Waals surface area (Å²) in [4.78, 5) is 14.7. The fourth-order valence-electron chi connectivity index (χ4n) is 3.73. The van der Waals surface area contributed by atoms with Gasteiger partial charge in [-0.3, -0.25) is 9.69 Å². The monoisotopic (exact) mass is 405 g/mol. The fraction of sp³-hybridized carbons (Fsp3) is 0.450. The lowest BCUT2D eigenvalue weighted by Gasteiger charge is -2.34. The van der Waals surface area contributed by atoms with Crippen LogP contribution in [0.5, 0.6) is 0 Å². The lowest BCUT2D eigenvalue weighted by Crippen LogP contribution is -2.42. The Hall–Kier alpha value is -2.16. The van der Waals surface area contributed by atoms with Crippen molar-refractivity contribution in [3.63, 3.8) is 0 Å². The van der Waals surface area contributed by atoms with E-state index >= 15 is 0 Å². The van der Waals surface area contributed by atoms with E-state index in [1.807, 2.05) is 0 Å². The van der Waals surface area contributed by atoms with E-state index in [1.54, 1.807) is 24.3 Å². The van der Waals surface area contributed by atoms with Gasteiger partial charge in [-0.05, 0) is 48.6 Å². The van der Waals surface area contributed by atoms with Crippen LogP contribution in [-0.4, -0.2) is 38.9 Å². The largest absolute Gasteiger partial charge is 0.468 e. The quantitative estimate of drug-likeness (QED) is 0.739. The van der Waals surface area contributed by atoms with Crippen LogP contribution >= 0.6 is 0 Å². The second kappa shape index (κ2) is 8.89. The zero-order valence-corrected chi connectivity index (χ0v) is 17.0. The standard InChI is InChI=1S/C20H27N3O4S/c1-15-9-16(2)13-23(12-15)14-20(24)22-17-5-3-7-19(10-17)28(25,26)21-11-18-6-4-8-27-18/h3-8,10,15-16,21H,9,11-14H2,1-2H3,(H,22,24)/t15-,16-/m0/s1. The van der Waals surface area contributed by atoms with E-state index in [4.69, 9.17) is 4.42 Å². The molecule has 0 bridgehead atoms. The van der Waals surface area contributed by atoms with Gasteiger partial charge in [-0.2, -0.15) is 0 Å². The van der Waals surface area contributed by atoms with Crippen LogP contribution in [0.2, 0.25) is 0 Å². The highest BCUT2D eigenvalue weighted by Gasteiger charge is 2.23. The molecule has 1 fully saturated rings. The average molecular weight is 406 g/mol. The number of nitrogens with one attached hydrogen (secondary N) is 2. The topological polar surface area (TPSA) is 91.7 Å². The molecule has 2 atom stereocenters. The molecule has 0 saturated carbocycles. The van der Waals surface area contributed by atoms with E-state index in [1.165, 1.54) is 24.8 Å². The van der Waals surface area contributed by atoms with E-state index in [0.29, 0.717) is 29.8 Å². The summed E-state index contributed by atoms with van der Waals surface area (Å²) in [5.41, 5.74) is 0.462. The highest BCUT2D eigenvalue weighted by atomic mass is 32.2. The molecule has 1 aromatic carbocycles. The summed E-state index contributed by atoms with van der Waals surface area (Å²) >= 11 is 0. The Morgan fingerprint density at radius 2 is 1.93 bits per heavy atom. The first-order valence-corrected chi connectivity index (χ1v) is 10.9. The fourth-order valence-corrected chi connectivity index (χ4v) is 4.77. The number of likely N-dealkylation sites (tertiary alicyclic amines) is 1. The maximum atomic E-state index is 12.5. The van der Waals surface area contributed by atoms with Gasteiger partial charge in [-0.25, -0.2) is 13.1 Å². The summed E-state index contributed by atoms with van der Waals surface area (Å²) in [5, 5.41) is 2.81.